The van der Waals surface area contributed by atoms with Gasteiger partial charge < -0.3 is 0 Å². The van der Waals surface area contributed by atoms with Crippen LogP contribution in [0.25, 0.3) is 0 Å². The molecule has 0 atom stereocenters. The van der Waals surface area contributed by atoms with Crippen molar-refractivity contribution in [2.75, 3.05) is 6.54 Å². The summed E-state index contributed by atoms with van der Waals surface area (Å²) in [6.45, 7) is 7.68. The largest absolute Gasteiger partial charge is 0.294 e. The van der Waals surface area contributed by atoms with Gasteiger partial charge in [-0.15, -0.1) is 0 Å². The lowest BCUT2D eigenvalue weighted by atomic mass is 9.95. The zero-order valence-corrected chi connectivity index (χ0v) is 14.0. The number of benzene rings is 1. The van der Waals surface area contributed by atoms with Gasteiger partial charge in [0.15, 0.2) is 17.5 Å². The Morgan fingerprint density at radius 1 is 1.12 bits per heavy atom. The van der Waals surface area contributed by atoms with Crippen LogP contribution in [0, 0.1) is 17.5 Å². The lowest BCUT2D eigenvalue weighted by Crippen LogP contribution is -2.32. The summed E-state index contributed by atoms with van der Waals surface area (Å²) in [6.07, 6.45) is 2.54. The summed E-state index contributed by atoms with van der Waals surface area (Å²) in [5, 5.41) is 0. The summed E-state index contributed by atoms with van der Waals surface area (Å²) >= 11 is 0. The molecular weight excluding hydrogens is 315 g/mol. The number of nitrogens with zero attached hydrogens (tertiary/aromatic N) is 3. The van der Waals surface area contributed by atoms with E-state index in [1.54, 1.807) is 0 Å². The highest BCUT2D eigenvalue weighted by Gasteiger charge is 2.24. The van der Waals surface area contributed by atoms with Crippen molar-refractivity contribution in [1.29, 1.82) is 0 Å². The molecule has 0 N–H and O–H groups in total. The van der Waals surface area contributed by atoms with E-state index in [4.69, 9.17) is 0 Å². The third-order valence-electron chi connectivity index (χ3n) is 4.19. The third kappa shape index (κ3) is 3.29. The summed E-state index contributed by atoms with van der Waals surface area (Å²) in [5.41, 5.74) is 2.06. The molecule has 0 spiro atoms. The van der Waals surface area contributed by atoms with E-state index in [0.29, 0.717) is 13.1 Å². The van der Waals surface area contributed by atoms with Crippen molar-refractivity contribution < 1.29 is 13.2 Å². The van der Waals surface area contributed by atoms with Gasteiger partial charge in [0.1, 0.15) is 5.82 Å². The Hall–Kier alpha value is -1.95. The van der Waals surface area contributed by atoms with Crippen molar-refractivity contribution in [3.63, 3.8) is 0 Å². The van der Waals surface area contributed by atoms with E-state index in [0.717, 1.165) is 29.6 Å². The topological polar surface area (TPSA) is 29.0 Å². The predicted molar refractivity (Wildman–Crippen MR) is 84.9 cm³/mol. The third-order valence-corrected chi connectivity index (χ3v) is 4.19. The fourth-order valence-electron chi connectivity index (χ4n) is 2.80. The Balaban J connectivity index is 1.78. The van der Waals surface area contributed by atoms with E-state index in [-0.39, 0.29) is 17.5 Å². The molecule has 2 heterocycles. The number of halogens is 3. The molecule has 0 saturated carbocycles. The fourth-order valence-corrected chi connectivity index (χ4v) is 2.80. The molecule has 0 radical (unpaired) electrons. The first kappa shape index (κ1) is 16.9. The van der Waals surface area contributed by atoms with Gasteiger partial charge in [-0.25, -0.2) is 23.1 Å². The first-order valence-electron chi connectivity index (χ1n) is 7.95. The SMILES string of the molecule is CC(C)(C)c1ncc2c(n1)CCN(Cc1ccc(F)c(F)c1F)C2. The van der Waals surface area contributed by atoms with E-state index < -0.39 is 17.5 Å². The first-order chi connectivity index (χ1) is 11.3. The minimum atomic E-state index is -1.41. The second kappa shape index (κ2) is 6.16. The van der Waals surface area contributed by atoms with Gasteiger partial charge >= 0.3 is 0 Å². The van der Waals surface area contributed by atoms with Crippen LogP contribution in [-0.2, 0) is 24.9 Å². The number of rotatable bonds is 2. The Morgan fingerprint density at radius 2 is 1.88 bits per heavy atom. The molecule has 0 fully saturated rings. The summed E-state index contributed by atoms with van der Waals surface area (Å²) in [6, 6.07) is 2.26. The Labute approximate surface area is 139 Å². The van der Waals surface area contributed by atoms with Crippen LogP contribution >= 0.6 is 0 Å². The first-order valence-corrected chi connectivity index (χ1v) is 7.95. The maximum absolute atomic E-state index is 13.8. The monoisotopic (exact) mass is 335 g/mol. The molecule has 6 heteroatoms. The molecule has 3 nitrogen and oxygen atoms in total. The van der Waals surface area contributed by atoms with Crippen molar-refractivity contribution in [3.05, 3.63) is 58.4 Å². The molecular formula is C18H20F3N3. The summed E-state index contributed by atoms with van der Waals surface area (Å²) < 4.78 is 40.2. The lowest BCUT2D eigenvalue weighted by molar-refractivity contribution is 0.237. The zero-order valence-electron chi connectivity index (χ0n) is 14.0. The quantitative estimate of drug-likeness (QED) is 0.783. The van der Waals surface area contributed by atoms with Crippen molar-refractivity contribution in [1.82, 2.24) is 14.9 Å². The minimum absolute atomic E-state index is 0.110. The molecule has 2 aromatic rings. The van der Waals surface area contributed by atoms with Crippen molar-refractivity contribution in [3.8, 4) is 0 Å². The van der Waals surface area contributed by atoms with E-state index in [9.17, 15) is 13.2 Å². The van der Waals surface area contributed by atoms with Crippen LogP contribution in [0.4, 0.5) is 13.2 Å². The van der Waals surface area contributed by atoms with Gasteiger partial charge in [0, 0.05) is 54.5 Å². The lowest BCUT2D eigenvalue weighted by Gasteiger charge is -2.29. The Bertz CT molecular complexity index is 769. The Morgan fingerprint density at radius 3 is 2.58 bits per heavy atom. The van der Waals surface area contributed by atoms with E-state index in [1.807, 2.05) is 11.1 Å². The highest BCUT2D eigenvalue weighted by atomic mass is 19.2. The second-order valence-corrected chi connectivity index (χ2v) is 7.21. The zero-order chi connectivity index (χ0) is 17.5. The van der Waals surface area contributed by atoms with Crippen LogP contribution in [0.15, 0.2) is 18.3 Å². The molecule has 24 heavy (non-hydrogen) atoms. The molecule has 0 amide bonds. The molecule has 0 bridgehead atoms. The summed E-state index contributed by atoms with van der Waals surface area (Å²) in [4.78, 5) is 11.1. The normalized spacial score (nSPS) is 15.4. The molecule has 1 aliphatic heterocycles. The number of hydrogen-bond donors (Lipinski definition) is 0. The van der Waals surface area contributed by atoms with Crippen LogP contribution in [0.5, 0.6) is 0 Å². The highest BCUT2D eigenvalue weighted by molar-refractivity contribution is 5.24. The van der Waals surface area contributed by atoms with Crippen LogP contribution in [-0.4, -0.2) is 21.4 Å². The van der Waals surface area contributed by atoms with E-state index in [2.05, 4.69) is 30.7 Å². The molecule has 1 aromatic heterocycles. The predicted octanol–water partition coefficient (Wildman–Crippen LogP) is 3.75. The van der Waals surface area contributed by atoms with Gasteiger partial charge in [0.2, 0.25) is 0 Å². The summed E-state index contributed by atoms with van der Waals surface area (Å²) in [7, 11) is 0. The molecule has 0 unspecified atom stereocenters. The van der Waals surface area contributed by atoms with Crippen molar-refractivity contribution in [2.45, 2.75) is 45.7 Å². The maximum atomic E-state index is 13.8. The van der Waals surface area contributed by atoms with Gasteiger partial charge in [0.25, 0.3) is 0 Å². The average Bonchev–Trinajstić information content (AvgIpc) is 2.54. The number of hydrogen-bond acceptors (Lipinski definition) is 3. The molecule has 128 valence electrons. The van der Waals surface area contributed by atoms with Crippen molar-refractivity contribution in [2.24, 2.45) is 0 Å². The molecule has 0 saturated heterocycles. The van der Waals surface area contributed by atoms with Gasteiger partial charge in [-0.2, -0.15) is 0 Å². The Kier molecular flexibility index (Phi) is 4.34. The number of aromatic nitrogens is 2. The minimum Gasteiger partial charge on any atom is -0.294 e. The smallest absolute Gasteiger partial charge is 0.194 e. The van der Waals surface area contributed by atoms with Gasteiger partial charge in [-0.3, -0.25) is 4.90 Å². The van der Waals surface area contributed by atoms with Crippen LogP contribution < -0.4 is 0 Å². The molecule has 0 aliphatic carbocycles. The van der Waals surface area contributed by atoms with E-state index in [1.165, 1.54) is 6.07 Å². The standard InChI is InChI=1S/C18H20F3N3/c1-18(2,3)17-22-8-12-10-24(7-6-14(12)23-17)9-11-4-5-13(19)16(21)15(11)20/h4-5,8H,6-7,9-10H2,1-3H3. The summed E-state index contributed by atoms with van der Waals surface area (Å²) in [5.74, 6) is -2.88. The van der Waals surface area contributed by atoms with Crippen LogP contribution in [0.2, 0.25) is 0 Å². The molecule has 1 aromatic carbocycles. The van der Waals surface area contributed by atoms with Crippen LogP contribution in [0.1, 0.15) is 43.4 Å². The van der Waals surface area contributed by atoms with Gasteiger partial charge in [-0.1, -0.05) is 26.8 Å². The fraction of sp³-hybridized carbons (Fsp3) is 0.444. The molecule has 1 aliphatic rings. The van der Waals surface area contributed by atoms with Crippen LogP contribution in [0.3, 0.4) is 0 Å². The highest BCUT2D eigenvalue weighted by Crippen LogP contribution is 2.24. The van der Waals surface area contributed by atoms with Crippen molar-refractivity contribution >= 4 is 0 Å². The molecule has 3 rings (SSSR count). The average molecular weight is 335 g/mol. The van der Waals surface area contributed by atoms with E-state index >= 15 is 0 Å². The van der Waals surface area contributed by atoms with Gasteiger partial charge in [0.05, 0.1) is 0 Å². The maximum Gasteiger partial charge on any atom is 0.194 e. The second-order valence-electron chi connectivity index (χ2n) is 7.21. The number of fused-ring (bicyclic) bond motifs is 1. The van der Waals surface area contributed by atoms with Gasteiger partial charge in [-0.05, 0) is 6.07 Å².